The van der Waals surface area contributed by atoms with Crippen LogP contribution in [0.3, 0.4) is 0 Å². The summed E-state index contributed by atoms with van der Waals surface area (Å²) in [6.45, 7) is 1.59. The van der Waals surface area contributed by atoms with Crippen molar-refractivity contribution in [2.75, 3.05) is 32.2 Å². The second kappa shape index (κ2) is 10.8. The van der Waals surface area contributed by atoms with Crippen molar-refractivity contribution in [2.24, 2.45) is 0 Å². The van der Waals surface area contributed by atoms with Crippen LogP contribution in [0, 0.1) is 5.41 Å². The number of fused-ring (bicyclic) bond motifs is 1. The summed E-state index contributed by atoms with van der Waals surface area (Å²) in [5.74, 6) is -3.00. The lowest BCUT2D eigenvalue weighted by Crippen LogP contribution is -2.49. The zero-order valence-corrected chi connectivity index (χ0v) is 21.1. The van der Waals surface area contributed by atoms with Crippen molar-refractivity contribution in [2.45, 2.75) is 56.8 Å². The molecule has 1 aromatic carbocycles. The van der Waals surface area contributed by atoms with E-state index in [1.807, 2.05) is 36.1 Å². The molecule has 2 N–H and O–H groups in total. The summed E-state index contributed by atoms with van der Waals surface area (Å²) in [6, 6.07) is 7.00. The minimum absolute atomic E-state index is 0.0836. The molecule has 0 amide bonds. The van der Waals surface area contributed by atoms with E-state index in [2.05, 4.69) is 26.2 Å². The number of ether oxygens (including phenoxy) is 2. The number of hydrogen-bond donors (Lipinski definition) is 2. The zero-order chi connectivity index (χ0) is 24.3. The molecule has 0 spiro atoms. The Labute approximate surface area is 207 Å². The first-order valence-electron chi connectivity index (χ1n) is 11.6. The van der Waals surface area contributed by atoms with E-state index in [0.717, 1.165) is 52.7 Å². The number of hydrogen-bond acceptors (Lipinski definition) is 6. The fourth-order valence-corrected chi connectivity index (χ4v) is 5.21. The smallest absolute Gasteiger partial charge is 0.283 e. The number of benzene rings is 1. The van der Waals surface area contributed by atoms with E-state index < -0.39 is 25.1 Å². The molecule has 1 saturated heterocycles. The molecule has 0 radical (unpaired) electrons. The molecule has 3 heterocycles. The highest BCUT2D eigenvalue weighted by Crippen LogP contribution is 2.41. The van der Waals surface area contributed by atoms with Crippen LogP contribution in [0.25, 0.3) is 0 Å². The van der Waals surface area contributed by atoms with E-state index in [4.69, 9.17) is 14.9 Å². The number of anilines is 1. The molecule has 0 bridgehead atoms. The zero-order valence-electron chi connectivity index (χ0n) is 19.5. The van der Waals surface area contributed by atoms with Gasteiger partial charge in [0.25, 0.3) is 5.92 Å². The summed E-state index contributed by atoms with van der Waals surface area (Å²) >= 11 is 3.41. The van der Waals surface area contributed by atoms with Crippen LogP contribution in [-0.2, 0) is 15.9 Å². The number of aromatic nitrogens is 1. The Morgan fingerprint density at radius 2 is 2.15 bits per heavy atom. The van der Waals surface area contributed by atoms with E-state index in [1.54, 1.807) is 6.20 Å². The van der Waals surface area contributed by atoms with E-state index in [-0.39, 0.29) is 12.3 Å². The Kier molecular flexibility index (Phi) is 7.97. The average Bonchev–Trinajstić information content (AvgIpc) is 2.81. The van der Waals surface area contributed by atoms with Crippen LogP contribution in [0.15, 0.2) is 34.9 Å². The van der Waals surface area contributed by atoms with E-state index >= 15 is 0 Å². The van der Waals surface area contributed by atoms with Crippen molar-refractivity contribution in [3.05, 3.63) is 57.3 Å². The number of pyridine rings is 1. The predicted molar refractivity (Wildman–Crippen MR) is 132 cm³/mol. The SMILES string of the molecule is COCC(F)(F)CN1[C@H](c2ccc(Br)cn2)c2ccc(NC3CCCCO3)c(C=N)c2C[C@H]1C. The molecular weight excluding hydrogens is 506 g/mol. The van der Waals surface area contributed by atoms with Gasteiger partial charge in [-0.3, -0.25) is 9.88 Å². The molecule has 1 unspecified atom stereocenters. The van der Waals surface area contributed by atoms with Crippen molar-refractivity contribution in [3.8, 4) is 0 Å². The van der Waals surface area contributed by atoms with Crippen LogP contribution in [-0.4, -0.2) is 61.2 Å². The van der Waals surface area contributed by atoms with Crippen molar-refractivity contribution in [3.63, 3.8) is 0 Å². The number of alkyl halides is 2. The highest BCUT2D eigenvalue weighted by Gasteiger charge is 2.42. The third-order valence-corrected chi connectivity index (χ3v) is 6.99. The second-order valence-corrected chi connectivity index (χ2v) is 9.97. The third-order valence-electron chi connectivity index (χ3n) is 6.53. The van der Waals surface area contributed by atoms with Gasteiger partial charge in [-0.2, -0.15) is 0 Å². The molecule has 0 aliphatic carbocycles. The lowest BCUT2D eigenvalue weighted by atomic mass is 9.83. The molecule has 34 heavy (non-hydrogen) atoms. The molecule has 4 rings (SSSR count). The van der Waals surface area contributed by atoms with Gasteiger partial charge in [0.15, 0.2) is 0 Å². The normalized spacial score (nSPS) is 23.4. The first-order valence-corrected chi connectivity index (χ1v) is 12.4. The van der Waals surface area contributed by atoms with Crippen molar-refractivity contribution >= 4 is 27.8 Å². The van der Waals surface area contributed by atoms with Crippen LogP contribution < -0.4 is 5.32 Å². The lowest BCUT2D eigenvalue weighted by Gasteiger charge is -2.43. The van der Waals surface area contributed by atoms with Crippen LogP contribution in [0.4, 0.5) is 14.5 Å². The summed E-state index contributed by atoms with van der Waals surface area (Å²) < 4.78 is 40.9. The number of nitrogens with one attached hydrogen (secondary N) is 2. The van der Waals surface area contributed by atoms with Gasteiger partial charge in [-0.05, 0) is 77.9 Å². The van der Waals surface area contributed by atoms with Crippen LogP contribution in [0.2, 0.25) is 0 Å². The summed E-state index contributed by atoms with van der Waals surface area (Å²) in [5, 5.41) is 11.6. The fraction of sp³-hybridized carbons (Fsp3) is 0.520. The Hall–Kier alpha value is -1.94. The second-order valence-electron chi connectivity index (χ2n) is 9.06. The van der Waals surface area contributed by atoms with Gasteiger partial charge in [-0.25, -0.2) is 8.78 Å². The predicted octanol–water partition coefficient (Wildman–Crippen LogP) is 5.40. The molecule has 0 saturated carbocycles. The molecule has 1 fully saturated rings. The van der Waals surface area contributed by atoms with E-state index in [1.165, 1.54) is 13.3 Å². The van der Waals surface area contributed by atoms with Crippen molar-refractivity contribution in [1.82, 2.24) is 9.88 Å². The maximum Gasteiger partial charge on any atom is 0.283 e. The van der Waals surface area contributed by atoms with Gasteiger partial charge >= 0.3 is 0 Å². The van der Waals surface area contributed by atoms with Gasteiger partial charge in [0.1, 0.15) is 12.8 Å². The van der Waals surface area contributed by atoms with Crippen LogP contribution in [0.1, 0.15) is 54.6 Å². The lowest BCUT2D eigenvalue weighted by molar-refractivity contribution is -0.0963. The van der Waals surface area contributed by atoms with Gasteiger partial charge in [-0.1, -0.05) is 6.07 Å². The summed E-state index contributed by atoms with van der Waals surface area (Å²) in [7, 11) is 1.29. The maximum atomic E-state index is 14.7. The van der Waals surface area contributed by atoms with Gasteiger partial charge in [0.05, 0.1) is 18.3 Å². The molecule has 6 nitrogen and oxygen atoms in total. The van der Waals surface area contributed by atoms with Gasteiger partial charge in [0, 0.05) is 47.9 Å². The molecule has 2 aliphatic rings. The fourth-order valence-electron chi connectivity index (χ4n) is 4.98. The van der Waals surface area contributed by atoms with Gasteiger partial charge < -0.3 is 20.2 Å². The highest BCUT2D eigenvalue weighted by atomic mass is 79.9. The molecule has 9 heteroatoms. The quantitative estimate of drug-likeness (QED) is 0.442. The first-order chi connectivity index (χ1) is 16.3. The summed E-state index contributed by atoms with van der Waals surface area (Å²) in [5.41, 5.74) is 4.20. The molecule has 1 aromatic heterocycles. The average molecular weight is 537 g/mol. The molecule has 2 aliphatic heterocycles. The molecular formula is C25H31BrF2N4O2. The third kappa shape index (κ3) is 5.48. The largest absolute Gasteiger partial charge is 0.378 e. The first kappa shape index (κ1) is 25.2. The highest BCUT2D eigenvalue weighted by molar-refractivity contribution is 9.10. The van der Waals surface area contributed by atoms with E-state index in [9.17, 15) is 8.78 Å². The number of halogens is 3. The topological polar surface area (TPSA) is 70.5 Å². The van der Waals surface area contributed by atoms with Crippen molar-refractivity contribution < 1.29 is 18.3 Å². The van der Waals surface area contributed by atoms with Crippen molar-refractivity contribution in [1.29, 1.82) is 5.41 Å². The number of methoxy groups -OCH3 is 1. The molecule has 2 aromatic rings. The Bertz CT molecular complexity index is 999. The number of rotatable bonds is 8. The maximum absolute atomic E-state index is 14.7. The summed E-state index contributed by atoms with van der Waals surface area (Å²) in [4.78, 5) is 6.38. The minimum atomic E-state index is -3.00. The summed E-state index contributed by atoms with van der Waals surface area (Å²) in [6.07, 6.45) is 6.59. The Balaban J connectivity index is 1.76. The monoisotopic (exact) mass is 536 g/mol. The van der Waals surface area contributed by atoms with Crippen LogP contribution in [0.5, 0.6) is 0 Å². The Morgan fingerprint density at radius 1 is 1.32 bits per heavy atom. The van der Waals surface area contributed by atoms with Gasteiger partial charge in [0.2, 0.25) is 0 Å². The standard InChI is InChI=1S/C25H31BrF2N4O2/c1-16-11-19-18(7-9-21(20(19)12-29)31-23-5-3-4-10-34-23)24(22-8-6-17(26)13-30-22)32(16)14-25(27,28)15-33-2/h6-9,12-13,16,23-24,29,31H,3-5,10-11,14-15H2,1-2H3/t16-,23?,24+/m1/s1. The molecule has 184 valence electrons. The minimum Gasteiger partial charge on any atom is -0.378 e. The van der Waals surface area contributed by atoms with Gasteiger partial charge in [-0.15, -0.1) is 0 Å². The molecule has 3 atom stereocenters. The number of nitrogens with zero attached hydrogens (tertiary/aromatic N) is 2. The van der Waals surface area contributed by atoms with Crippen LogP contribution >= 0.6 is 15.9 Å². The van der Waals surface area contributed by atoms with E-state index in [0.29, 0.717) is 12.1 Å². The Morgan fingerprint density at radius 3 is 2.79 bits per heavy atom.